The van der Waals surface area contributed by atoms with Crippen LogP contribution >= 0.6 is 0 Å². The topological polar surface area (TPSA) is 55.8 Å². The van der Waals surface area contributed by atoms with E-state index in [0.29, 0.717) is 6.42 Å². The first-order valence-electron chi connectivity index (χ1n) is 7.23. The highest BCUT2D eigenvalue weighted by atomic mass is 16.5. The lowest BCUT2D eigenvalue weighted by Crippen LogP contribution is -2.70. The SMILES string of the molecule is CC1(C)C[C@@H](O)[C@]23COC(C)(C)[C@H](CCC2O1)C3=O. The fourth-order valence-corrected chi connectivity index (χ4v) is 4.14. The van der Waals surface area contributed by atoms with E-state index in [2.05, 4.69) is 0 Å². The lowest BCUT2D eigenvalue weighted by Gasteiger charge is -2.59. The fourth-order valence-electron chi connectivity index (χ4n) is 4.14. The van der Waals surface area contributed by atoms with Gasteiger partial charge in [-0.3, -0.25) is 4.79 Å². The number of hydrogen-bond acceptors (Lipinski definition) is 4. The van der Waals surface area contributed by atoms with Crippen molar-refractivity contribution in [3.8, 4) is 0 Å². The van der Waals surface area contributed by atoms with Crippen molar-refractivity contribution >= 4 is 5.78 Å². The maximum atomic E-state index is 12.9. The number of aliphatic hydroxyl groups excluding tert-OH is 1. The number of Topliss-reactive ketones (excluding diaryl/α,β-unsaturated/α-hetero) is 1. The first kappa shape index (κ1) is 13.5. The Kier molecular flexibility index (Phi) is 2.71. The van der Waals surface area contributed by atoms with E-state index in [1.165, 1.54) is 0 Å². The summed E-state index contributed by atoms with van der Waals surface area (Å²) < 4.78 is 12.0. The third kappa shape index (κ3) is 1.73. The van der Waals surface area contributed by atoms with Gasteiger partial charge in [0.15, 0.2) is 5.78 Å². The summed E-state index contributed by atoms with van der Waals surface area (Å²) in [5.41, 5.74) is -1.61. The Balaban J connectivity index is 2.00. The molecule has 108 valence electrons. The number of carbonyl (C=O) groups is 1. The first-order chi connectivity index (χ1) is 8.69. The third-order valence-corrected chi connectivity index (χ3v) is 5.33. The van der Waals surface area contributed by atoms with Crippen LogP contribution in [-0.4, -0.2) is 40.9 Å². The Morgan fingerprint density at radius 1 is 1.21 bits per heavy atom. The standard InChI is InChI=1S/C15H24O4/c1-13(2)7-10(16)15-8-18-14(3,4)9(12(15)17)5-6-11(15)19-13/h9-11,16H,5-8H2,1-4H3/t9-,10-,11?,15-/m1/s1. The van der Waals surface area contributed by atoms with Crippen molar-refractivity contribution in [3.05, 3.63) is 0 Å². The number of rotatable bonds is 0. The molecule has 19 heavy (non-hydrogen) atoms. The van der Waals surface area contributed by atoms with Gasteiger partial charge in [0.1, 0.15) is 5.41 Å². The predicted molar refractivity (Wildman–Crippen MR) is 69.8 cm³/mol. The molecule has 2 bridgehead atoms. The van der Waals surface area contributed by atoms with Crippen LogP contribution in [0.5, 0.6) is 0 Å². The van der Waals surface area contributed by atoms with E-state index in [9.17, 15) is 9.90 Å². The monoisotopic (exact) mass is 268 g/mol. The highest BCUT2D eigenvalue weighted by Crippen LogP contribution is 2.54. The van der Waals surface area contributed by atoms with Crippen LogP contribution in [0.25, 0.3) is 0 Å². The van der Waals surface area contributed by atoms with Gasteiger partial charge in [-0.15, -0.1) is 0 Å². The van der Waals surface area contributed by atoms with Crippen molar-refractivity contribution in [2.24, 2.45) is 11.3 Å². The van der Waals surface area contributed by atoms with Crippen LogP contribution in [-0.2, 0) is 14.3 Å². The molecule has 3 fully saturated rings. The molecular formula is C15H24O4. The minimum absolute atomic E-state index is 0.114. The summed E-state index contributed by atoms with van der Waals surface area (Å²) >= 11 is 0. The van der Waals surface area contributed by atoms with Gasteiger partial charge in [0.2, 0.25) is 0 Å². The summed E-state index contributed by atoms with van der Waals surface area (Å²) in [4.78, 5) is 12.9. The highest BCUT2D eigenvalue weighted by Gasteiger charge is 2.65. The predicted octanol–water partition coefficient (Wildman–Crippen LogP) is 1.69. The number of hydrogen-bond donors (Lipinski definition) is 1. The van der Waals surface area contributed by atoms with Crippen LogP contribution in [0.2, 0.25) is 0 Å². The van der Waals surface area contributed by atoms with Gasteiger partial charge < -0.3 is 14.6 Å². The minimum Gasteiger partial charge on any atom is -0.392 e. The van der Waals surface area contributed by atoms with Gasteiger partial charge in [0.05, 0.1) is 30.0 Å². The average molecular weight is 268 g/mol. The normalized spacial score (nSPS) is 47.6. The molecule has 3 rings (SSSR count). The second-order valence-corrected chi connectivity index (χ2v) is 7.51. The Morgan fingerprint density at radius 2 is 1.89 bits per heavy atom. The van der Waals surface area contributed by atoms with Crippen LogP contribution in [0.4, 0.5) is 0 Å². The molecule has 1 saturated carbocycles. The molecule has 1 N–H and O–H groups in total. The molecule has 1 unspecified atom stereocenters. The Labute approximate surface area is 114 Å². The van der Waals surface area contributed by atoms with Crippen LogP contribution in [0.15, 0.2) is 0 Å². The second kappa shape index (κ2) is 3.80. The van der Waals surface area contributed by atoms with Gasteiger partial charge in [-0.05, 0) is 40.5 Å². The average Bonchev–Trinajstić information content (AvgIpc) is 2.24. The first-order valence-corrected chi connectivity index (χ1v) is 7.23. The van der Waals surface area contributed by atoms with E-state index in [0.717, 1.165) is 12.8 Å². The lowest BCUT2D eigenvalue weighted by molar-refractivity contribution is -0.273. The van der Waals surface area contributed by atoms with Crippen LogP contribution in [0.1, 0.15) is 47.0 Å². The molecular weight excluding hydrogens is 244 g/mol. The highest BCUT2D eigenvalue weighted by molar-refractivity contribution is 5.91. The number of ketones is 1. The van der Waals surface area contributed by atoms with Crippen molar-refractivity contribution in [3.63, 3.8) is 0 Å². The van der Waals surface area contributed by atoms with Crippen molar-refractivity contribution in [1.82, 2.24) is 0 Å². The van der Waals surface area contributed by atoms with E-state index in [1.807, 2.05) is 27.7 Å². The molecule has 1 aliphatic carbocycles. The zero-order chi connectivity index (χ0) is 14.1. The summed E-state index contributed by atoms with van der Waals surface area (Å²) in [5, 5.41) is 10.6. The molecule has 4 atom stereocenters. The zero-order valence-electron chi connectivity index (χ0n) is 12.2. The van der Waals surface area contributed by atoms with Gasteiger partial charge >= 0.3 is 0 Å². The summed E-state index contributed by atoms with van der Waals surface area (Å²) in [6.07, 6.45) is 1.26. The summed E-state index contributed by atoms with van der Waals surface area (Å²) in [7, 11) is 0. The number of aliphatic hydroxyl groups is 1. The fraction of sp³-hybridized carbons (Fsp3) is 0.933. The molecule has 2 saturated heterocycles. The summed E-state index contributed by atoms with van der Waals surface area (Å²) in [6, 6.07) is 0. The molecule has 0 aromatic heterocycles. The van der Waals surface area contributed by atoms with Crippen LogP contribution in [0.3, 0.4) is 0 Å². The van der Waals surface area contributed by atoms with Gasteiger partial charge in [-0.2, -0.15) is 0 Å². The van der Waals surface area contributed by atoms with Gasteiger partial charge in [0, 0.05) is 12.3 Å². The molecule has 4 heteroatoms. The van der Waals surface area contributed by atoms with Gasteiger partial charge in [0.25, 0.3) is 0 Å². The Hall–Kier alpha value is -0.450. The number of ether oxygens (including phenoxy) is 2. The smallest absolute Gasteiger partial charge is 0.152 e. The second-order valence-electron chi connectivity index (χ2n) is 7.51. The maximum absolute atomic E-state index is 12.9. The van der Waals surface area contributed by atoms with E-state index < -0.39 is 17.1 Å². The zero-order valence-corrected chi connectivity index (χ0v) is 12.2. The molecule has 4 nitrogen and oxygen atoms in total. The molecule has 0 amide bonds. The molecule has 0 aromatic carbocycles. The van der Waals surface area contributed by atoms with E-state index >= 15 is 0 Å². The van der Waals surface area contributed by atoms with Crippen molar-refractivity contribution in [2.45, 2.75) is 70.4 Å². The molecule has 1 spiro atoms. The van der Waals surface area contributed by atoms with E-state index in [1.54, 1.807) is 0 Å². The Morgan fingerprint density at radius 3 is 2.58 bits per heavy atom. The molecule has 3 aliphatic rings. The van der Waals surface area contributed by atoms with Crippen molar-refractivity contribution in [1.29, 1.82) is 0 Å². The number of fused-ring (bicyclic) bond motifs is 1. The summed E-state index contributed by atoms with van der Waals surface area (Å²) in [6.45, 7) is 8.20. The van der Waals surface area contributed by atoms with Crippen molar-refractivity contribution in [2.75, 3.05) is 6.61 Å². The number of carbonyl (C=O) groups excluding carboxylic acids is 1. The molecule has 2 heterocycles. The molecule has 0 radical (unpaired) electrons. The van der Waals surface area contributed by atoms with Crippen LogP contribution in [0, 0.1) is 11.3 Å². The maximum Gasteiger partial charge on any atom is 0.152 e. The van der Waals surface area contributed by atoms with E-state index in [4.69, 9.17) is 9.47 Å². The molecule has 2 aliphatic heterocycles. The van der Waals surface area contributed by atoms with Crippen molar-refractivity contribution < 1.29 is 19.4 Å². The largest absolute Gasteiger partial charge is 0.392 e. The molecule has 0 aromatic rings. The van der Waals surface area contributed by atoms with Gasteiger partial charge in [-0.1, -0.05) is 0 Å². The summed E-state index contributed by atoms with van der Waals surface area (Å²) in [5.74, 6) is 0.0416. The van der Waals surface area contributed by atoms with E-state index in [-0.39, 0.29) is 30.0 Å². The lowest BCUT2D eigenvalue weighted by atomic mass is 9.56. The van der Waals surface area contributed by atoms with Crippen LogP contribution < -0.4 is 0 Å². The van der Waals surface area contributed by atoms with Gasteiger partial charge in [-0.25, -0.2) is 0 Å². The Bertz CT molecular complexity index is 414. The minimum atomic E-state index is -0.825. The third-order valence-electron chi connectivity index (χ3n) is 5.33. The quantitative estimate of drug-likeness (QED) is 0.726.